The average molecular weight is 173 g/mol. The highest BCUT2D eigenvalue weighted by atomic mass is 15.4. The van der Waals surface area contributed by atoms with Crippen molar-refractivity contribution in [3.8, 4) is 0 Å². The molecule has 3 rings (SSSR count). The summed E-state index contributed by atoms with van der Waals surface area (Å²) in [5.41, 5.74) is 2.10. The van der Waals surface area contributed by atoms with Gasteiger partial charge in [0.25, 0.3) is 0 Å². The van der Waals surface area contributed by atoms with Crippen LogP contribution in [0.15, 0.2) is 30.3 Å². The molecule has 2 fully saturated rings. The third kappa shape index (κ3) is 1.19. The summed E-state index contributed by atoms with van der Waals surface area (Å²) in [4.78, 5) is 2.62. The molecule has 0 aliphatic carbocycles. The highest BCUT2D eigenvalue weighted by Crippen LogP contribution is 2.44. The minimum absolute atomic E-state index is 0.599. The SMILES string of the molecule is c1ccc(C[C@]23CCCN2C3)cc1. The van der Waals surface area contributed by atoms with Crippen molar-refractivity contribution < 1.29 is 0 Å². The number of piperidine rings is 1. The summed E-state index contributed by atoms with van der Waals surface area (Å²) < 4.78 is 0. The van der Waals surface area contributed by atoms with E-state index in [1.165, 1.54) is 37.9 Å². The topological polar surface area (TPSA) is 3.01 Å². The van der Waals surface area contributed by atoms with Crippen LogP contribution >= 0.6 is 0 Å². The van der Waals surface area contributed by atoms with Crippen molar-refractivity contribution in [1.82, 2.24) is 4.90 Å². The van der Waals surface area contributed by atoms with E-state index >= 15 is 0 Å². The van der Waals surface area contributed by atoms with Crippen LogP contribution in [-0.2, 0) is 6.42 Å². The lowest BCUT2D eigenvalue weighted by Gasteiger charge is -2.09. The monoisotopic (exact) mass is 173 g/mol. The second-order valence-electron chi connectivity index (χ2n) is 4.41. The zero-order valence-corrected chi connectivity index (χ0v) is 7.87. The van der Waals surface area contributed by atoms with Crippen LogP contribution in [0.5, 0.6) is 0 Å². The molecule has 1 unspecified atom stereocenters. The lowest BCUT2D eigenvalue weighted by Crippen LogP contribution is -2.15. The lowest BCUT2D eigenvalue weighted by atomic mass is 9.96. The molecular weight excluding hydrogens is 158 g/mol. The molecule has 1 heteroatoms. The molecule has 2 aliphatic rings. The first-order valence-electron chi connectivity index (χ1n) is 5.18. The summed E-state index contributed by atoms with van der Waals surface area (Å²) in [6.45, 7) is 2.69. The highest BCUT2D eigenvalue weighted by Gasteiger charge is 2.54. The predicted octanol–water partition coefficient (Wildman–Crippen LogP) is 2.08. The second-order valence-corrected chi connectivity index (χ2v) is 4.41. The van der Waals surface area contributed by atoms with Crippen molar-refractivity contribution in [1.29, 1.82) is 0 Å². The van der Waals surface area contributed by atoms with Crippen LogP contribution in [0.25, 0.3) is 0 Å². The van der Waals surface area contributed by atoms with Gasteiger partial charge in [0.1, 0.15) is 0 Å². The van der Waals surface area contributed by atoms with Gasteiger partial charge in [0.15, 0.2) is 0 Å². The van der Waals surface area contributed by atoms with Gasteiger partial charge < -0.3 is 0 Å². The van der Waals surface area contributed by atoms with E-state index in [1.807, 2.05) is 0 Å². The number of rotatable bonds is 2. The molecule has 1 aromatic carbocycles. The summed E-state index contributed by atoms with van der Waals surface area (Å²) in [5.74, 6) is 0. The van der Waals surface area contributed by atoms with Crippen molar-refractivity contribution in [3.63, 3.8) is 0 Å². The average Bonchev–Trinajstić information content (AvgIpc) is 2.69. The molecule has 2 saturated heterocycles. The maximum atomic E-state index is 2.62. The molecule has 13 heavy (non-hydrogen) atoms. The van der Waals surface area contributed by atoms with Gasteiger partial charge in [-0.1, -0.05) is 30.3 Å². The Balaban J connectivity index is 1.77. The minimum atomic E-state index is 0.599. The molecule has 1 nitrogen and oxygen atoms in total. The smallest absolute Gasteiger partial charge is 0.0378 e. The fraction of sp³-hybridized carbons (Fsp3) is 0.500. The number of nitrogens with zero attached hydrogens (tertiary/aromatic N) is 1. The zero-order chi connectivity index (χ0) is 8.73. The Morgan fingerprint density at radius 3 is 2.69 bits per heavy atom. The Bertz CT molecular complexity index is 306. The first kappa shape index (κ1) is 7.57. The standard InChI is InChI=1S/C12H15N/c1-2-5-11(6-3-1)9-12-7-4-8-13(12)10-12/h1-3,5-6H,4,7-10H2/t12-,13?/m0/s1. The van der Waals surface area contributed by atoms with Crippen LogP contribution in [0.1, 0.15) is 18.4 Å². The van der Waals surface area contributed by atoms with Crippen molar-refractivity contribution in [2.45, 2.75) is 24.8 Å². The van der Waals surface area contributed by atoms with Crippen molar-refractivity contribution in [3.05, 3.63) is 35.9 Å². The molecule has 0 radical (unpaired) electrons. The van der Waals surface area contributed by atoms with E-state index in [1.54, 1.807) is 0 Å². The lowest BCUT2D eigenvalue weighted by molar-refractivity contribution is 0.492. The molecule has 2 aliphatic heterocycles. The van der Waals surface area contributed by atoms with Crippen molar-refractivity contribution in [2.24, 2.45) is 0 Å². The van der Waals surface area contributed by atoms with Gasteiger partial charge in [0.05, 0.1) is 0 Å². The van der Waals surface area contributed by atoms with Gasteiger partial charge in [0.2, 0.25) is 0 Å². The molecule has 0 saturated carbocycles. The quantitative estimate of drug-likeness (QED) is 0.619. The van der Waals surface area contributed by atoms with Crippen LogP contribution in [0, 0.1) is 0 Å². The maximum absolute atomic E-state index is 2.62. The fourth-order valence-electron chi connectivity index (χ4n) is 2.70. The van der Waals surface area contributed by atoms with Gasteiger partial charge in [-0.3, -0.25) is 4.90 Å². The molecule has 1 aromatic rings. The Labute approximate surface area is 79.4 Å². The minimum Gasteiger partial charge on any atom is -0.294 e. The molecule has 2 atom stereocenters. The largest absolute Gasteiger partial charge is 0.294 e. The van der Waals surface area contributed by atoms with E-state index in [4.69, 9.17) is 0 Å². The number of fused-ring (bicyclic) bond motifs is 1. The van der Waals surface area contributed by atoms with Gasteiger partial charge in [-0.2, -0.15) is 0 Å². The summed E-state index contributed by atoms with van der Waals surface area (Å²) in [6.07, 6.45) is 4.10. The second kappa shape index (κ2) is 2.58. The van der Waals surface area contributed by atoms with Crippen LogP contribution in [0.3, 0.4) is 0 Å². The molecule has 0 spiro atoms. The first-order chi connectivity index (χ1) is 6.39. The normalized spacial score (nSPS) is 35.8. The van der Waals surface area contributed by atoms with Crippen LogP contribution in [0.2, 0.25) is 0 Å². The third-order valence-corrected chi connectivity index (χ3v) is 3.50. The number of hydrogen-bond donors (Lipinski definition) is 0. The summed E-state index contributed by atoms with van der Waals surface area (Å²) in [5, 5.41) is 0. The predicted molar refractivity (Wildman–Crippen MR) is 53.7 cm³/mol. The number of benzene rings is 1. The Kier molecular flexibility index (Phi) is 1.50. The van der Waals surface area contributed by atoms with E-state index in [0.29, 0.717) is 5.54 Å². The fourth-order valence-corrected chi connectivity index (χ4v) is 2.70. The Hall–Kier alpha value is -0.820. The van der Waals surface area contributed by atoms with E-state index in [9.17, 15) is 0 Å². The van der Waals surface area contributed by atoms with Gasteiger partial charge >= 0.3 is 0 Å². The Morgan fingerprint density at radius 1 is 1.23 bits per heavy atom. The van der Waals surface area contributed by atoms with Crippen LogP contribution in [0.4, 0.5) is 0 Å². The van der Waals surface area contributed by atoms with E-state index < -0.39 is 0 Å². The van der Waals surface area contributed by atoms with Gasteiger partial charge in [-0.05, 0) is 31.4 Å². The Morgan fingerprint density at radius 2 is 2.08 bits per heavy atom. The molecule has 0 N–H and O–H groups in total. The zero-order valence-electron chi connectivity index (χ0n) is 7.87. The van der Waals surface area contributed by atoms with Crippen LogP contribution < -0.4 is 0 Å². The highest BCUT2D eigenvalue weighted by molar-refractivity contribution is 5.23. The first-order valence-corrected chi connectivity index (χ1v) is 5.18. The molecule has 0 amide bonds. The van der Waals surface area contributed by atoms with Crippen molar-refractivity contribution in [2.75, 3.05) is 13.1 Å². The molecule has 0 bridgehead atoms. The van der Waals surface area contributed by atoms with E-state index in [-0.39, 0.29) is 0 Å². The van der Waals surface area contributed by atoms with Crippen molar-refractivity contribution >= 4 is 0 Å². The summed E-state index contributed by atoms with van der Waals surface area (Å²) in [7, 11) is 0. The summed E-state index contributed by atoms with van der Waals surface area (Å²) >= 11 is 0. The molecule has 68 valence electrons. The maximum Gasteiger partial charge on any atom is 0.0378 e. The van der Waals surface area contributed by atoms with E-state index in [0.717, 1.165) is 0 Å². The summed E-state index contributed by atoms with van der Waals surface area (Å²) in [6, 6.07) is 10.9. The van der Waals surface area contributed by atoms with Crippen LogP contribution in [-0.4, -0.2) is 23.5 Å². The van der Waals surface area contributed by atoms with Gasteiger partial charge in [-0.15, -0.1) is 0 Å². The van der Waals surface area contributed by atoms with E-state index in [2.05, 4.69) is 35.2 Å². The van der Waals surface area contributed by atoms with Gasteiger partial charge in [-0.25, -0.2) is 0 Å². The van der Waals surface area contributed by atoms with Gasteiger partial charge in [0, 0.05) is 12.1 Å². The number of hydrogen-bond acceptors (Lipinski definition) is 1. The molecule has 0 aromatic heterocycles. The third-order valence-electron chi connectivity index (χ3n) is 3.50. The molecular formula is C12H15N. The molecule has 2 heterocycles.